The van der Waals surface area contributed by atoms with Crippen molar-refractivity contribution in [2.45, 2.75) is 19.8 Å². The molecular weight excluding hydrogens is 263 g/mol. The summed E-state index contributed by atoms with van der Waals surface area (Å²) in [5, 5.41) is 18.8. The van der Waals surface area contributed by atoms with Crippen molar-refractivity contribution in [1.82, 2.24) is 0 Å². The molecule has 4 heteroatoms. The van der Waals surface area contributed by atoms with Gasteiger partial charge < -0.3 is 10.2 Å². The third kappa shape index (κ3) is 2.96. The van der Waals surface area contributed by atoms with Gasteiger partial charge in [0.05, 0.1) is 10.0 Å². The molecule has 1 aromatic carbocycles. The molecule has 0 bridgehead atoms. The lowest BCUT2D eigenvalue weighted by molar-refractivity contribution is 0.466. The minimum absolute atomic E-state index is 0.00956. The second-order valence-corrected chi connectivity index (χ2v) is 4.02. The summed E-state index contributed by atoms with van der Waals surface area (Å²) in [7, 11) is 0. The Labute approximate surface area is 96.2 Å². The van der Waals surface area contributed by atoms with Crippen LogP contribution in [0.5, 0.6) is 5.75 Å². The van der Waals surface area contributed by atoms with Crippen molar-refractivity contribution in [3.63, 3.8) is 0 Å². The van der Waals surface area contributed by atoms with Gasteiger partial charge in [-0.25, -0.2) is 4.39 Å². The van der Waals surface area contributed by atoms with E-state index in [0.29, 0.717) is 6.42 Å². The van der Waals surface area contributed by atoms with Gasteiger partial charge in [-0.1, -0.05) is 13.3 Å². The van der Waals surface area contributed by atoms with Gasteiger partial charge in [0.1, 0.15) is 17.3 Å². The number of rotatable bonds is 3. The highest BCUT2D eigenvalue weighted by Gasteiger charge is 2.11. The van der Waals surface area contributed by atoms with Crippen molar-refractivity contribution in [1.29, 1.82) is 0 Å². The molecule has 0 aliphatic carbocycles. The number of halogens is 2. The SMILES string of the molecule is CCC/C=C(\O)c1cc(O)cc(Br)c1F. The number of aliphatic hydroxyl groups excluding tert-OH is 1. The Bertz CT molecular complexity index is 388. The smallest absolute Gasteiger partial charge is 0.148 e. The zero-order valence-corrected chi connectivity index (χ0v) is 9.88. The molecular formula is C11H12BrFO2. The largest absolute Gasteiger partial charge is 0.508 e. The van der Waals surface area contributed by atoms with Crippen LogP contribution in [-0.4, -0.2) is 10.2 Å². The van der Waals surface area contributed by atoms with E-state index in [1.165, 1.54) is 18.2 Å². The molecule has 0 saturated carbocycles. The van der Waals surface area contributed by atoms with E-state index in [4.69, 9.17) is 0 Å². The normalized spacial score (nSPS) is 11.8. The van der Waals surface area contributed by atoms with Crippen molar-refractivity contribution in [3.8, 4) is 5.75 Å². The summed E-state index contributed by atoms with van der Waals surface area (Å²) < 4.78 is 13.6. The van der Waals surface area contributed by atoms with Crippen LogP contribution in [0, 0.1) is 5.82 Å². The Morgan fingerprint density at radius 2 is 2.20 bits per heavy atom. The Kier molecular flexibility index (Phi) is 4.15. The maximum atomic E-state index is 13.5. The predicted octanol–water partition coefficient (Wildman–Crippen LogP) is 3.99. The number of allylic oxidation sites excluding steroid dienone is 1. The van der Waals surface area contributed by atoms with Crippen molar-refractivity contribution in [2.75, 3.05) is 0 Å². The van der Waals surface area contributed by atoms with E-state index in [9.17, 15) is 14.6 Å². The number of hydrogen-bond donors (Lipinski definition) is 2. The van der Waals surface area contributed by atoms with E-state index in [2.05, 4.69) is 15.9 Å². The molecule has 0 heterocycles. The van der Waals surface area contributed by atoms with Crippen LogP contribution < -0.4 is 0 Å². The Morgan fingerprint density at radius 3 is 2.80 bits per heavy atom. The van der Waals surface area contributed by atoms with Gasteiger partial charge in [-0.2, -0.15) is 0 Å². The quantitative estimate of drug-likeness (QED) is 0.819. The fourth-order valence-corrected chi connectivity index (χ4v) is 1.60. The Balaban J connectivity index is 3.13. The van der Waals surface area contributed by atoms with Gasteiger partial charge in [-0.3, -0.25) is 0 Å². The number of phenolic OH excluding ortho intramolecular Hbond substituents is 1. The first-order valence-electron chi connectivity index (χ1n) is 4.63. The van der Waals surface area contributed by atoms with Crippen LogP contribution >= 0.6 is 15.9 Å². The lowest BCUT2D eigenvalue weighted by Crippen LogP contribution is -1.90. The van der Waals surface area contributed by atoms with Crippen LogP contribution in [0.4, 0.5) is 4.39 Å². The van der Waals surface area contributed by atoms with Gasteiger partial charge in [0.25, 0.3) is 0 Å². The number of aliphatic hydroxyl groups is 1. The third-order valence-electron chi connectivity index (χ3n) is 1.92. The van der Waals surface area contributed by atoms with E-state index >= 15 is 0 Å². The molecule has 0 atom stereocenters. The second-order valence-electron chi connectivity index (χ2n) is 3.17. The summed E-state index contributed by atoms with van der Waals surface area (Å²) in [4.78, 5) is 0. The fourth-order valence-electron chi connectivity index (χ4n) is 1.15. The average molecular weight is 275 g/mol. The maximum absolute atomic E-state index is 13.5. The second kappa shape index (κ2) is 5.16. The molecule has 1 rings (SSSR count). The summed E-state index contributed by atoms with van der Waals surface area (Å²) >= 11 is 2.96. The first-order chi connectivity index (χ1) is 7.06. The maximum Gasteiger partial charge on any atom is 0.148 e. The molecule has 15 heavy (non-hydrogen) atoms. The molecule has 2 N–H and O–H groups in total. The van der Waals surface area contributed by atoms with Gasteiger partial charge in [-0.15, -0.1) is 0 Å². The van der Waals surface area contributed by atoms with Crippen LogP contribution in [0.3, 0.4) is 0 Å². The van der Waals surface area contributed by atoms with Gasteiger partial charge in [0, 0.05) is 0 Å². The van der Waals surface area contributed by atoms with Gasteiger partial charge in [0.2, 0.25) is 0 Å². The molecule has 0 aliphatic heterocycles. The van der Waals surface area contributed by atoms with Crippen LogP contribution in [0.2, 0.25) is 0 Å². The molecule has 82 valence electrons. The number of hydrogen-bond acceptors (Lipinski definition) is 2. The summed E-state index contributed by atoms with van der Waals surface area (Å²) in [6.07, 6.45) is 3.06. The Morgan fingerprint density at radius 1 is 1.53 bits per heavy atom. The molecule has 0 radical (unpaired) electrons. The van der Waals surface area contributed by atoms with E-state index < -0.39 is 5.82 Å². The average Bonchev–Trinajstić information content (AvgIpc) is 2.19. The fraction of sp³-hybridized carbons (Fsp3) is 0.273. The number of benzene rings is 1. The van der Waals surface area contributed by atoms with E-state index in [1.807, 2.05) is 6.92 Å². The summed E-state index contributed by atoms with van der Waals surface area (Å²) in [6, 6.07) is 2.44. The number of phenols is 1. The molecule has 0 fully saturated rings. The zero-order valence-electron chi connectivity index (χ0n) is 8.30. The van der Waals surface area contributed by atoms with Gasteiger partial charge in [0.15, 0.2) is 0 Å². The molecule has 0 aliphatic rings. The first kappa shape index (κ1) is 12.0. The van der Waals surface area contributed by atoms with E-state index in [-0.39, 0.29) is 21.5 Å². The molecule has 0 saturated heterocycles. The molecule has 0 unspecified atom stereocenters. The molecule has 2 nitrogen and oxygen atoms in total. The van der Waals surface area contributed by atoms with E-state index in [0.717, 1.165) is 6.42 Å². The zero-order chi connectivity index (χ0) is 11.4. The van der Waals surface area contributed by atoms with Gasteiger partial charge in [-0.05, 0) is 40.6 Å². The lowest BCUT2D eigenvalue weighted by Gasteiger charge is -2.05. The molecule has 0 amide bonds. The highest BCUT2D eigenvalue weighted by Crippen LogP contribution is 2.28. The van der Waals surface area contributed by atoms with E-state index in [1.54, 1.807) is 0 Å². The van der Waals surface area contributed by atoms with Gasteiger partial charge >= 0.3 is 0 Å². The van der Waals surface area contributed by atoms with Crippen molar-refractivity contribution in [2.24, 2.45) is 0 Å². The molecule has 0 spiro atoms. The third-order valence-corrected chi connectivity index (χ3v) is 2.49. The minimum atomic E-state index is -0.572. The molecule has 0 aromatic heterocycles. The van der Waals surface area contributed by atoms with Crippen LogP contribution in [0.1, 0.15) is 25.3 Å². The minimum Gasteiger partial charge on any atom is -0.508 e. The first-order valence-corrected chi connectivity index (χ1v) is 5.43. The highest BCUT2D eigenvalue weighted by molar-refractivity contribution is 9.10. The molecule has 1 aromatic rings. The van der Waals surface area contributed by atoms with Crippen molar-refractivity contribution < 1.29 is 14.6 Å². The Hall–Kier alpha value is -1.03. The predicted molar refractivity (Wildman–Crippen MR) is 61.3 cm³/mol. The standard InChI is InChI=1S/C11H12BrFO2/c1-2-3-4-10(15)8-5-7(14)6-9(12)11(8)13/h4-6,14-15H,2-3H2,1H3/b10-4-. The van der Waals surface area contributed by atoms with Crippen molar-refractivity contribution in [3.05, 3.63) is 34.1 Å². The monoisotopic (exact) mass is 274 g/mol. The summed E-state index contributed by atoms with van der Waals surface area (Å²) in [6.45, 7) is 1.96. The van der Waals surface area contributed by atoms with Crippen LogP contribution in [0.15, 0.2) is 22.7 Å². The van der Waals surface area contributed by atoms with Crippen LogP contribution in [-0.2, 0) is 0 Å². The number of unbranched alkanes of at least 4 members (excludes halogenated alkanes) is 1. The lowest BCUT2D eigenvalue weighted by atomic mass is 10.1. The summed E-state index contributed by atoms with van der Waals surface area (Å²) in [5.74, 6) is -0.807. The highest BCUT2D eigenvalue weighted by atomic mass is 79.9. The summed E-state index contributed by atoms with van der Waals surface area (Å²) in [5.41, 5.74) is 0.00956. The van der Waals surface area contributed by atoms with Crippen molar-refractivity contribution >= 4 is 21.7 Å². The number of aromatic hydroxyl groups is 1. The topological polar surface area (TPSA) is 40.5 Å². The van der Waals surface area contributed by atoms with Crippen LogP contribution in [0.25, 0.3) is 5.76 Å².